The van der Waals surface area contributed by atoms with E-state index in [1.165, 1.54) is 38.6 Å². The maximum absolute atomic E-state index is 11.1. The van der Waals surface area contributed by atoms with Crippen LogP contribution in [0.4, 0.5) is 0 Å². The van der Waals surface area contributed by atoms with Crippen molar-refractivity contribution in [1.29, 1.82) is 0 Å². The van der Waals surface area contributed by atoms with Crippen LogP contribution in [0.3, 0.4) is 0 Å². The van der Waals surface area contributed by atoms with E-state index in [4.69, 9.17) is 0 Å². The molecule has 1 N–H and O–H groups in total. The summed E-state index contributed by atoms with van der Waals surface area (Å²) in [6.07, 6.45) is 8.89. The minimum atomic E-state index is -0.645. The van der Waals surface area contributed by atoms with E-state index in [9.17, 15) is 4.21 Å². The largest absolute Gasteiger partial charge is 0.311 e. The van der Waals surface area contributed by atoms with Gasteiger partial charge >= 0.3 is 0 Å². The van der Waals surface area contributed by atoms with Gasteiger partial charge in [0.2, 0.25) is 0 Å². The zero-order valence-corrected chi connectivity index (χ0v) is 11.8. The molecule has 0 amide bonds. The lowest BCUT2D eigenvalue weighted by molar-refractivity contribution is 0.152. The minimum Gasteiger partial charge on any atom is -0.311 e. The second-order valence-corrected chi connectivity index (χ2v) is 7.09. The smallest absolute Gasteiger partial charge is 0.0359 e. The predicted molar refractivity (Wildman–Crippen MR) is 73.7 cm³/mol. The fraction of sp³-hybridized carbons (Fsp3) is 1.00. The van der Waals surface area contributed by atoms with Gasteiger partial charge in [0.15, 0.2) is 0 Å². The summed E-state index contributed by atoms with van der Waals surface area (Å²) in [5, 5.41) is 3.69. The number of rotatable bonds is 4. The van der Waals surface area contributed by atoms with Gasteiger partial charge in [-0.2, -0.15) is 0 Å². The highest BCUT2D eigenvalue weighted by Crippen LogP contribution is 2.27. The molecule has 2 fully saturated rings. The third-order valence-electron chi connectivity index (χ3n) is 4.20. The van der Waals surface area contributed by atoms with Gasteiger partial charge in [-0.3, -0.25) is 9.11 Å². The molecular formula is C13H26N2OS. The van der Waals surface area contributed by atoms with Crippen molar-refractivity contribution < 1.29 is 4.21 Å². The van der Waals surface area contributed by atoms with Gasteiger partial charge in [-0.15, -0.1) is 0 Å². The van der Waals surface area contributed by atoms with Crippen molar-refractivity contribution in [3.05, 3.63) is 0 Å². The quantitative estimate of drug-likeness (QED) is 0.823. The SMILES string of the molecule is CS(=O)CCN1CCNC(C2CCCCC2)C1. The monoisotopic (exact) mass is 258 g/mol. The Balaban J connectivity index is 1.77. The van der Waals surface area contributed by atoms with Crippen LogP contribution in [0.2, 0.25) is 0 Å². The lowest BCUT2D eigenvalue weighted by Gasteiger charge is -2.39. The molecule has 2 rings (SSSR count). The number of piperazine rings is 1. The van der Waals surface area contributed by atoms with Crippen molar-refractivity contribution in [2.75, 3.05) is 38.2 Å². The van der Waals surface area contributed by atoms with Gasteiger partial charge in [-0.25, -0.2) is 0 Å². The summed E-state index contributed by atoms with van der Waals surface area (Å²) in [4.78, 5) is 2.50. The Labute approximate surface area is 108 Å². The summed E-state index contributed by atoms with van der Waals surface area (Å²) in [5.41, 5.74) is 0. The molecule has 1 aliphatic carbocycles. The molecule has 100 valence electrons. The summed E-state index contributed by atoms with van der Waals surface area (Å²) >= 11 is 0. The summed E-state index contributed by atoms with van der Waals surface area (Å²) in [7, 11) is -0.645. The Kier molecular flexibility index (Phi) is 5.45. The normalized spacial score (nSPS) is 30.3. The maximum Gasteiger partial charge on any atom is 0.0359 e. The van der Waals surface area contributed by atoms with Crippen LogP contribution >= 0.6 is 0 Å². The molecule has 2 aliphatic rings. The van der Waals surface area contributed by atoms with Crippen LogP contribution in [0.1, 0.15) is 32.1 Å². The average Bonchev–Trinajstić information content (AvgIpc) is 2.38. The summed E-state index contributed by atoms with van der Waals surface area (Å²) < 4.78 is 11.1. The van der Waals surface area contributed by atoms with Gasteiger partial charge in [0.05, 0.1) is 0 Å². The Hall–Kier alpha value is 0.0700. The molecule has 1 saturated heterocycles. The highest BCUT2D eigenvalue weighted by Gasteiger charge is 2.27. The van der Waals surface area contributed by atoms with Crippen LogP contribution < -0.4 is 5.32 Å². The molecule has 0 aromatic carbocycles. The molecule has 0 aromatic heterocycles. The molecule has 0 spiro atoms. The first-order valence-electron chi connectivity index (χ1n) is 7.01. The molecule has 0 radical (unpaired) electrons. The third-order valence-corrected chi connectivity index (χ3v) is 4.96. The van der Waals surface area contributed by atoms with Crippen molar-refractivity contribution in [2.45, 2.75) is 38.1 Å². The van der Waals surface area contributed by atoms with Gasteiger partial charge < -0.3 is 5.32 Å². The highest BCUT2D eigenvalue weighted by molar-refractivity contribution is 7.84. The second-order valence-electron chi connectivity index (χ2n) is 5.54. The highest BCUT2D eigenvalue weighted by atomic mass is 32.2. The second kappa shape index (κ2) is 6.86. The molecular weight excluding hydrogens is 232 g/mol. The minimum absolute atomic E-state index is 0.645. The molecule has 2 atom stereocenters. The van der Waals surface area contributed by atoms with E-state index >= 15 is 0 Å². The zero-order chi connectivity index (χ0) is 12.1. The van der Waals surface area contributed by atoms with Crippen molar-refractivity contribution in [1.82, 2.24) is 10.2 Å². The standard InChI is InChI=1S/C13H26N2OS/c1-17(16)10-9-15-8-7-14-13(11-15)12-5-3-2-4-6-12/h12-14H,2-11H2,1H3. The van der Waals surface area contributed by atoms with Gasteiger partial charge in [-0.05, 0) is 18.8 Å². The lowest BCUT2D eigenvalue weighted by atomic mass is 9.83. The lowest BCUT2D eigenvalue weighted by Crippen LogP contribution is -2.54. The van der Waals surface area contributed by atoms with Gasteiger partial charge in [0, 0.05) is 55.0 Å². The number of nitrogens with one attached hydrogen (secondary N) is 1. The molecule has 4 heteroatoms. The van der Waals surface area contributed by atoms with E-state index in [0.29, 0.717) is 6.04 Å². The van der Waals surface area contributed by atoms with Gasteiger partial charge in [0.25, 0.3) is 0 Å². The van der Waals surface area contributed by atoms with Gasteiger partial charge in [-0.1, -0.05) is 19.3 Å². The molecule has 1 aliphatic heterocycles. The number of hydrogen-bond acceptors (Lipinski definition) is 3. The zero-order valence-electron chi connectivity index (χ0n) is 11.0. The van der Waals surface area contributed by atoms with Crippen molar-refractivity contribution in [2.24, 2.45) is 5.92 Å². The van der Waals surface area contributed by atoms with Crippen LogP contribution in [-0.4, -0.2) is 53.3 Å². The van der Waals surface area contributed by atoms with Gasteiger partial charge in [0.1, 0.15) is 0 Å². The molecule has 3 nitrogen and oxygen atoms in total. The fourth-order valence-corrected chi connectivity index (χ4v) is 3.67. The summed E-state index contributed by atoms with van der Waals surface area (Å²) in [5.74, 6) is 1.72. The molecule has 1 saturated carbocycles. The summed E-state index contributed by atoms with van der Waals surface area (Å²) in [6.45, 7) is 4.41. The number of nitrogens with zero attached hydrogens (tertiary/aromatic N) is 1. The van der Waals surface area contributed by atoms with Crippen molar-refractivity contribution >= 4 is 10.8 Å². The van der Waals surface area contributed by atoms with E-state index in [1.54, 1.807) is 6.26 Å². The molecule has 0 bridgehead atoms. The van der Waals surface area contributed by atoms with Crippen LogP contribution in [0.15, 0.2) is 0 Å². The van der Waals surface area contributed by atoms with E-state index in [2.05, 4.69) is 10.2 Å². The van der Waals surface area contributed by atoms with E-state index in [0.717, 1.165) is 31.3 Å². The van der Waals surface area contributed by atoms with Crippen LogP contribution in [-0.2, 0) is 10.8 Å². The van der Waals surface area contributed by atoms with E-state index < -0.39 is 10.8 Å². The van der Waals surface area contributed by atoms with Crippen molar-refractivity contribution in [3.8, 4) is 0 Å². The Morgan fingerprint density at radius 3 is 2.76 bits per heavy atom. The Bertz CT molecular complexity index is 254. The topological polar surface area (TPSA) is 32.3 Å². The Morgan fingerprint density at radius 2 is 2.06 bits per heavy atom. The fourth-order valence-electron chi connectivity index (χ4n) is 3.16. The van der Waals surface area contributed by atoms with Crippen LogP contribution in [0, 0.1) is 5.92 Å². The van der Waals surface area contributed by atoms with E-state index in [-0.39, 0.29) is 0 Å². The summed E-state index contributed by atoms with van der Waals surface area (Å²) in [6, 6.07) is 0.689. The first-order valence-corrected chi connectivity index (χ1v) is 8.74. The number of hydrogen-bond donors (Lipinski definition) is 1. The van der Waals surface area contributed by atoms with Crippen LogP contribution in [0.5, 0.6) is 0 Å². The maximum atomic E-state index is 11.1. The van der Waals surface area contributed by atoms with E-state index in [1.807, 2.05) is 0 Å². The first kappa shape index (κ1) is 13.5. The average molecular weight is 258 g/mol. The molecule has 1 heterocycles. The van der Waals surface area contributed by atoms with Crippen molar-refractivity contribution in [3.63, 3.8) is 0 Å². The first-order chi connectivity index (χ1) is 8.25. The predicted octanol–water partition coefficient (Wildman–Crippen LogP) is 1.22. The van der Waals surface area contributed by atoms with Crippen LogP contribution in [0.25, 0.3) is 0 Å². The Morgan fingerprint density at radius 1 is 1.29 bits per heavy atom. The molecule has 2 unspecified atom stereocenters. The molecule has 17 heavy (non-hydrogen) atoms. The third kappa shape index (κ3) is 4.34. The molecule has 0 aromatic rings.